The average molecular weight is 494 g/mol. The Balaban J connectivity index is 1.35. The number of aliphatic hydroxyl groups excluding tert-OH is 1. The fraction of sp³-hybridized carbons (Fsp3) is 0.320. The molecule has 0 aliphatic carbocycles. The van der Waals surface area contributed by atoms with Gasteiger partial charge in [0.2, 0.25) is 5.95 Å². The number of methoxy groups -OCH3 is 1. The van der Waals surface area contributed by atoms with Crippen molar-refractivity contribution in [3.8, 4) is 17.0 Å². The van der Waals surface area contributed by atoms with E-state index in [0.717, 1.165) is 54.6 Å². The lowest BCUT2D eigenvalue weighted by Gasteiger charge is -2.36. The maximum Gasteiger partial charge on any atom is 0.226 e. The minimum Gasteiger partial charge on any atom is -0.495 e. The lowest BCUT2D eigenvalue weighted by atomic mass is 10.1. The first-order valence-electron chi connectivity index (χ1n) is 11.4. The van der Waals surface area contributed by atoms with Gasteiger partial charge >= 0.3 is 0 Å². The summed E-state index contributed by atoms with van der Waals surface area (Å²) >= 11 is 6.35. The number of hydrogen-bond donors (Lipinski definition) is 1. The summed E-state index contributed by atoms with van der Waals surface area (Å²) in [4.78, 5) is 20.4. The molecule has 1 fully saturated rings. The van der Waals surface area contributed by atoms with Gasteiger partial charge in [0.1, 0.15) is 17.2 Å². The van der Waals surface area contributed by atoms with E-state index in [0.29, 0.717) is 22.3 Å². The molecule has 3 aromatic heterocycles. The van der Waals surface area contributed by atoms with Gasteiger partial charge in [-0.3, -0.25) is 0 Å². The first kappa shape index (κ1) is 23.2. The fourth-order valence-electron chi connectivity index (χ4n) is 4.34. The highest BCUT2D eigenvalue weighted by Crippen LogP contribution is 2.34. The van der Waals surface area contributed by atoms with Crippen molar-refractivity contribution in [1.29, 1.82) is 0 Å². The van der Waals surface area contributed by atoms with Gasteiger partial charge in [-0.2, -0.15) is 4.98 Å². The molecule has 0 atom stereocenters. The zero-order chi connectivity index (χ0) is 24.5. The van der Waals surface area contributed by atoms with E-state index < -0.39 is 0 Å². The Morgan fingerprint density at radius 2 is 1.83 bits per heavy atom. The monoisotopic (exact) mass is 493 g/mol. The van der Waals surface area contributed by atoms with E-state index in [9.17, 15) is 5.11 Å². The number of imidazole rings is 1. The van der Waals surface area contributed by atoms with Gasteiger partial charge in [0.25, 0.3) is 0 Å². The van der Waals surface area contributed by atoms with Crippen molar-refractivity contribution in [2.24, 2.45) is 0 Å². The second kappa shape index (κ2) is 9.59. The van der Waals surface area contributed by atoms with Crippen LogP contribution in [0.1, 0.15) is 5.56 Å². The summed E-state index contributed by atoms with van der Waals surface area (Å²) < 4.78 is 7.27. The summed E-state index contributed by atoms with van der Waals surface area (Å²) in [5.41, 5.74) is 4.22. The SMILES string of the molecule is COc1cc(CO)c(-c2cn3ccc(N4CCN(c5ccnc(N(C)C)n5)CC4)cc3n2)cc1Cl. The number of aromatic nitrogens is 4. The third-order valence-corrected chi connectivity index (χ3v) is 6.56. The zero-order valence-corrected chi connectivity index (χ0v) is 20.8. The van der Waals surface area contributed by atoms with Crippen molar-refractivity contribution in [3.05, 3.63) is 59.5 Å². The lowest BCUT2D eigenvalue weighted by molar-refractivity contribution is 0.281. The lowest BCUT2D eigenvalue weighted by Crippen LogP contribution is -2.47. The molecular weight excluding hydrogens is 466 g/mol. The normalized spacial score (nSPS) is 14.0. The van der Waals surface area contributed by atoms with Crippen molar-refractivity contribution >= 4 is 34.7 Å². The van der Waals surface area contributed by atoms with Crippen LogP contribution >= 0.6 is 11.6 Å². The number of nitrogens with zero attached hydrogens (tertiary/aromatic N) is 7. The molecule has 0 spiro atoms. The Labute approximate surface area is 209 Å². The van der Waals surface area contributed by atoms with E-state index in [1.54, 1.807) is 19.2 Å². The van der Waals surface area contributed by atoms with Gasteiger partial charge in [0.05, 0.1) is 24.4 Å². The molecule has 10 heteroatoms. The van der Waals surface area contributed by atoms with Crippen LogP contribution in [0.15, 0.2) is 48.9 Å². The summed E-state index contributed by atoms with van der Waals surface area (Å²) in [6.45, 7) is 3.38. The van der Waals surface area contributed by atoms with E-state index in [2.05, 4.69) is 31.9 Å². The van der Waals surface area contributed by atoms with Crippen LogP contribution < -0.4 is 19.4 Å². The molecule has 1 aliphatic heterocycles. The van der Waals surface area contributed by atoms with Crippen molar-refractivity contribution < 1.29 is 9.84 Å². The van der Waals surface area contributed by atoms with Crippen LogP contribution in [0.2, 0.25) is 5.02 Å². The molecule has 0 saturated carbocycles. The highest BCUT2D eigenvalue weighted by molar-refractivity contribution is 6.32. The molecule has 1 N–H and O–H groups in total. The van der Waals surface area contributed by atoms with Crippen LogP contribution in [0.25, 0.3) is 16.9 Å². The Morgan fingerprint density at radius 1 is 1.06 bits per heavy atom. The quantitative estimate of drug-likeness (QED) is 0.438. The van der Waals surface area contributed by atoms with Gasteiger partial charge in [-0.1, -0.05) is 11.6 Å². The average Bonchev–Trinajstić information content (AvgIpc) is 3.32. The topological polar surface area (TPSA) is 82.3 Å². The minimum absolute atomic E-state index is 0.130. The number of benzene rings is 1. The largest absolute Gasteiger partial charge is 0.495 e. The van der Waals surface area contributed by atoms with Gasteiger partial charge < -0.3 is 28.9 Å². The van der Waals surface area contributed by atoms with E-state index in [-0.39, 0.29) is 6.61 Å². The molecule has 4 heterocycles. The molecule has 9 nitrogen and oxygen atoms in total. The minimum atomic E-state index is -0.130. The number of fused-ring (bicyclic) bond motifs is 1. The van der Waals surface area contributed by atoms with Gasteiger partial charge in [-0.25, -0.2) is 9.97 Å². The van der Waals surface area contributed by atoms with Crippen LogP contribution in [0.5, 0.6) is 5.75 Å². The second-order valence-electron chi connectivity index (χ2n) is 8.66. The fourth-order valence-corrected chi connectivity index (χ4v) is 4.58. The maximum absolute atomic E-state index is 9.87. The number of anilines is 3. The van der Waals surface area contributed by atoms with Crippen LogP contribution in [0.3, 0.4) is 0 Å². The van der Waals surface area contributed by atoms with Crippen LogP contribution in [-0.4, -0.2) is 71.8 Å². The standard InChI is InChI=1S/C25H28ClN7O2/c1-30(2)25-27-6-4-23(29-25)32-10-8-31(9-11-32)18-5-7-33-15-21(28-24(33)13-18)19-14-20(26)22(35-3)12-17(19)16-34/h4-7,12-15,34H,8-11,16H2,1-3H3. The second-order valence-corrected chi connectivity index (χ2v) is 9.07. The molecule has 0 bridgehead atoms. The summed E-state index contributed by atoms with van der Waals surface area (Å²) in [5.74, 6) is 2.20. The zero-order valence-electron chi connectivity index (χ0n) is 20.0. The van der Waals surface area contributed by atoms with Gasteiger partial charge in [0.15, 0.2) is 0 Å². The maximum atomic E-state index is 9.87. The van der Waals surface area contributed by atoms with Gasteiger partial charge in [0, 0.05) is 76.2 Å². The third-order valence-electron chi connectivity index (χ3n) is 6.26. The smallest absolute Gasteiger partial charge is 0.226 e. The van der Waals surface area contributed by atoms with Crippen molar-refractivity contribution in [1.82, 2.24) is 19.4 Å². The van der Waals surface area contributed by atoms with Crippen molar-refractivity contribution in [2.45, 2.75) is 6.61 Å². The Kier molecular flexibility index (Phi) is 6.36. The molecule has 0 amide bonds. The highest BCUT2D eigenvalue weighted by Gasteiger charge is 2.20. The van der Waals surface area contributed by atoms with E-state index >= 15 is 0 Å². The number of pyridine rings is 1. The van der Waals surface area contributed by atoms with E-state index in [4.69, 9.17) is 21.3 Å². The summed E-state index contributed by atoms with van der Waals surface area (Å²) in [6.07, 6.45) is 5.78. The first-order valence-corrected chi connectivity index (χ1v) is 11.8. The molecule has 0 radical (unpaired) electrons. The number of aliphatic hydroxyl groups is 1. The Hall–Kier alpha value is -3.56. The summed E-state index contributed by atoms with van der Waals surface area (Å²) in [7, 11) is 5.45. The van der Waals surface area contributed by atoms with Crippen LogP contribution in [0.4, 0.5) is 17.5 Å². The van der Waals surface area contributed by atoms with Crippen LogP contribution in [0, 0.1) is 0 Å². The molecule has 182 valence electrons. The predicted octanol–water partition coefficient (Wildman–Crippen LogP) is 3.34. The molecule has 1 aromatic carbocycles. The van der Waals surface area contributed by atoms with E-state index in [1.807, 2.05) is 48.1 Å². The summed E-state index contributed by atoms with van der Waals surface area (Å²) in [5, 5.41) is 10.4. The van der Waals surface area contributed by atoms with Crippen molar-refractivity contribution in [3.63, 3.8) is 0 Å². The first-order chi connectivity index (χ1) is 17.0. The highest BCUT2D eigenvalue weighted by atomic mass is 35.5. The number of piperazine rings is 1. The molecule has 35 heavy (non-hydrogen) atoms. The third kappa shape index (κ3) is 4.56. The molecule has 4 aromatic rings. The van der Waals surface area contributed by atoms with Crippen LogP contribution in [-0.2, 0) is 6.61 Å². The predicted molar refractivity (Wildman–Crippen MR) is 139 cm³/mol. The number of rotatable bonds is 6. The van der Waals surface area contributed by atoms with Gasteiger partial charge in [-0.15, -0.1) is 0 Å². The van der Waals surface area contributed by atoms with E-state index in [1.165, 1.54) is 0 Å². The molecular formula is C25H28ClN7O2. The molecule has 5 rings (SSSR count). The van der Waals surface area contributed by atoms with Gasteiger partial charge in [-0.05, 0) is 29.8 Å². The number of ether oxygens (including phenoxy) is 1. The summed E-state index contributed by atoms with van der Waals surface area (Å²) in [6, 6.07) is 9.72. The Bertz CT molecular complexity index is 1350. The number of hydrogen-bond acceptors (Lipinski definition) is 8. The Morgan fingerprint density at radius 3 is 2.54 bits per heavy atom. The van der Waals surface area contributed by atoms with Crippen molar-refractivity contribution in [2.75, 3.05) is 62.1 Å². The molecule has 1 saturated heterocycles. The molecule has 1 aliphatic rings. The number of halogens is 1. The molecule has 0 unspecified atom stereocenters.